The molecule has 0 spiro atoms. The van der Waals surface area contributed by atoms with Crippen molar-refractivity contribution in [2.24, 2.45) is 0 Å². The van der Waals surface area contributed by atoms with Crippen LogP contribution in [0.15, 0.2) is 46.9 Å². The van der Waals surface area contributed by atoms with Crippen LogP contribution in [0.25, 0.3) is 0 Å². The number of ether oxygens (including phenoxy) is 1. The Morgan fingerprint density at radius 2 is 1.91 bits per heavy atom. The molecule has 0 aliphatic heterocycles. The van der Waals surface area contributed by atoms with Gasteiger partial charge in [-0.25, -0.2) is 0 Å². The van der Waals surface area contributed by atoms with E-state index in [0.29, 0.717) is 12.2 Å². The van der Waals surface area contributed by atoms with Gasteiger partial charge in [0.15, 0.2) is 0 Å². The summed E-state index contributed by atoms with van der Waals surface area (Å²) in [4.78, 5) is 0. The molecule has 0 saturated carbocycles. The van der Waals surface area contributed by atoms with E-state index in [1.54, 1.807) is 6.07 Å². The first-order valence-corrected chi connectivity index (χ1v) is 8.18. The Balaban J connectivity index is 2.16. The number of hydrogen-bond acceptors (Lipinski definition) is 2. The van der Waals surface area contributed by atoms with E-state index >= 15 is 0 Å². The van der Waals surface area contributed by atoms with E-state index in [1.807, 2.05) is 24.3 Å². The second-order valence-electron chi connectivity index (χ2n) is 5.94. The molecule has 2 aromatic rings. The smallest absolute Gasteiger partial charge is 0.134 e. The van der Waals surface area contributed by atoms with Crippen LogP contribution in [0.4, 0.5) is 0 Å². The zero-order chi connectivity index (χ0) is 16.2. The average molecular weight is 358 g/mol. The maximum atomic E-state index is 9.11. The van der Waals surface area contributed by atoms with Crippen LogP contribution in [0.5, 0.6) is 5.75 Å². The van der Waals surface area contributed by atoms with Gasteiger partial charge in [0.1, 0.15) is 12.4 Å². The molecule has 0 N–H and O–H groups in total. The van der Waals surface area contributed by atoms with Gasteiger partial charge in [0.2, 0.25) is 0 Å². The van der Waals surface area contributed by atoms with Crippen LogP contribution in [0.1, 0.15) is 43.9 Å². The quantitative estimate of drug-likeness (QED) is 0.698. The highest BCUT2D eigenvalue weighted by Gasteiger charge is 2.19. The van der Waals surface area contributed by atoms with Crippen molar-refractivity contribution >= 4 is 15.9 Å². The highest BCUT2D eigenvalue weighted by molar-refractivity contribution is 9.10. The maximum Gasteiger partial charge on any atom is 0.134 e. The number of benzene rings is 2. The van der Waals surface area contributed by atoms with Gasteiger partial charge < -0.3 is 4.74 Å². The van der Waals surface area contributed by atoms with E-state index in [0.717, 1.165) is 22.2 Å². The summed E-state index contributed by atoms with van der Waals surface area (Å²) >= 11 is 3.59. The lowest BCUT2D eigenvalue weighted by molar-refractivity contribution is 0.303. The van der Waals surface area contributed by atoms with Crippen molar-refractivity contribution in [3.63, 3.8) is 0 Å². The van der Waals surface area contributed by atoms with E-state index in [1.165, 1.54) is 5.56 Å². The minimum absolute atomic E-state index is 0.147. The zero-order valence-electron chi connectivity index (χ0n) is 13.2. The fraction of sp³-hybridized carbons (Fsp3) is 0.316. The molecule has 0 aliphatic carbocycles. The Morgan fingerprint density at radius 3 is 2.55 bits per heavy atom. The normalized spacial score (nSPS) is 11.0. The van der Waals surface area contributed by atoms with Crippen molar-refractivity contribution in [2.75, 3.05) is 0 Å². The molecule has 0 aliphatic rings. The summed E-state index contributed by atoms with van der Waals surface area (Å²) in [6.07, 6.45) is 1.08. The number of rotatable bonds is 5. The van der Waals surface area contributed by atoms with Crippen molar-refractivity contribution in [3.05, 3.63) is 63.6 Å². The number of halogens is 1. The fourth-order valence-electron chi connectivity index (χ4n) is 2.15. The lowest BCUT2D eigenvalue weighted by atomic mass is 9.82. The molecular formula is C19H20BrNO. The molecule has 0 amide bonds. The fourth-order valence-corrected chi connectivity index (χ4v) is 2.65. The lowest BCUT2D eigenvalue weighted by Crippen LogP contribution is -2.15. The van der Waals surface area contributed by atoms with Crippen LogP contribution in [-0.2, 0) is 12.0 Å². The molecule has 0 bridgehead atoms. The van der Waals surface area contributed by atoms with E-state index in [2.05, 4.69) is 54.9 Å². The minimum Gasteiger partial charge on any atom is -0.488 e. The summed E-state index contributed by atoms with van der Waals surface area (Å²) in [5.41, 5.74) is 2.98. The maximum absolute atomic E-state index is 9.11. The van der Waals surface area contributed by atoms with E-state index in [-0.39, 0.29) is 5.41 Å². The topological polar surface area (TPSA) is 33.0 Å². The molecule has 0 aromatic heterocycles. The monoisotopic (exact) mass is 357 g/mol. The molecule has 0 fully saturated rings. The molecule has 3 heteroatoms. The van der Waals surface area contributed by atoms with E-state index in [9.17, 15) is 0 Å². The van der Waals surface area contributed by atoms with Crippen molar-refractivity contribution in [3.8, 4) is 11.8 Å². The van der Waals surface area contributed by atoms with Crippen molar-refractivity contribution in [1.82, 2.24) is 0 Å². The van der Waals surface area contributed by atoms with Gasteiger partial charge in [0.05, 0.1) is 16.1 Å². The molecule has 0 atom stereocenters. The molecule has 114 valence electrons. The van der Waals surface area contributed by atoms with E-state index < -0.39 is 0 Å². The van der Waals surface area contributed by atoms with Crippen molar-refractivity contribution in [2.45, 2.75) is 39.2 Å². The van der Waals surface area contributed by atoms with E-state index in [4.69, 9.17) is 10.00 Å². The third-order valence-corrected chi connectivity index (χ3v) is 4.74. The van der Waals surface area contributed by atoms with Crippen LogP contribution >= 0.6 is 15.9 Å². The highest BCUT2D eigenvalue weighted by atomic mass is 79.9. The van der Waals surface area contributed by atoms with Gasteiger partial charge in [0, 0.05) is 5.56 Å². The van der Waals surface area contributed by atoms with Gasteiger partial charge in [0.25, 0.3) is 0 Å². The third kappa shape index (κ3) is 3.69. The van der Waals surface area contributed by atoms with Gasteiger partial charge >= 0.3 is 0 Å². The first-order chi connectivity index (χ1) is 10.5. The van der Waals surface area contributed by atoms with Crippen LogP contribution < -0.4 is 4.74 Å². The van der Waals surface area contributed by atoms with Gasteiger partial charge in [-0.3, -0.25) is 0 Å². The molecule has 0 saturated heterocycles. The molecule has 2 aromatic carbocycles. The van der Waals surface area contributed by atoms with Crippen LogP contribution in [0.3, 0.4) is 0 Å². The second kappa shape index (κ2) is 6.98. The van der Waals surface area contributed by atoms with Crippen LogP contribution in [-0.4, -0.2) is 0 Å². The molecule has 22 heavy (non-hydrogen) atoms. The molecule has 2 rings (SSSR count). The molecule has 0 heterocycles. The Labute approximate surface area is 140 Å². The molecule has 0 unspecified atom stereocenters. The van der Waals surface area contributed by atoms with Crippen LogP contribution in [0.2, 0.25) is 0 Å². The first kappa shape index (κ1) is 16.6. The van der Waals surface area contributed by atoms with Gasteiger partial charge in [-0.05, 0) is 51.5 Å². The lowest BCUT2D eigenvalue weighted by Gasteiger charge is -2.24. The Kier molecular flexibility index (Phi) is 5.26. The summed E-state index contributed by atoms with van der Waals surface area (Å²) in [5, 5.41) is 9.11. The van der Waals surface area contributed by atoms with Gasteiger partial charge in [-0.15, -0.1) is 0 Å². The summed E-state index contributed by atoms with van der Waals surface area (Å²) < 4.78 is 6.81. The summed E-state index contributed by atoms with van der Waals surface area (Å²) in [7, 11) is 0. The van der Waals surface area contributed by atoms with Gasteiger partial charge in [-0.2, -0.15) is 5.26 Å². The second-order valence-corrected chi connectivity index (χ2v) is 6.79. The standard InChI is InChI=1S/C19H20BrNO/c1-4-19(2,3)16-9-10-18(17(20)11-16)22-13-15-8-6-5-7-14(15)12-21/h5-11H,4,13H2,1-3H3. The average Bonchev–Trinajstić information content (AvgIpc) is 2.53. The first-order valence-electron chi connectivity index (χ1n) is 7.38. The third-order valence-electron chi connectivity index (χ3n) is 4.12. The van der Waals surface area contributed by atoms with Crippen LogP contribution in [0, 0.1) is 11.3 Å². The predicted octanol–water partition coefficient (Wildman–Crippen LogP) is 5.59. The Morgan fingerprint density at radius 1 is 1.18 bits per heavy atom. The van der Waals surface area contributed by atoms with Gasteiger partial charge in [-0.1, -0.05) is 45.0 Å². The predicted molar refractivity (Wildman–Crippen MR) is 92.9 cm³/mol. The minimum atomic E-state index is 0.147. The highest BCUT2D eigenvalue weighted by Crippen LogP contribution is 2.33. The number of nitrogens with zero attached hydrogens (tertiary/aromatic N) is 1. The number of hydrogen-bond donors (Lipinski definition) is 0. The summed E-state index contributed by atoms with van der Waals surface area (Å²) in [6, 6.07) is 15.9. The SMILES string of the molecule is CCC(C)(C)c1ccc(OCc2ccccc2C#N)c(Br)c1. The van der Waals surface area contributed by atoms with Crippen molar-refractivity contribution < 1.29 is 4.74 Å². The molecule has 2 nitrogen and oxygen atoms in total. The Hall–Kier alpha value is -1.79. The number of nitriles is 1. The largest absolute Gasteiger partial charge is 0.488 e. The molecular weight excluding hydrogens is 338 g/mol. The Bertz CT molecular complexity index is 701. The summed E-state index contributed by atoms with van der Waals surface area (Å²) in [6.45, 7) is 7.05. The zero-order valence-corrected chi connectivity index (χ0v) is 14.8. The summed E-state index contributed by atoms with van der Waals surface area (Å²) in [5.74, 6) is 0.795. The van der Waals surface area contributed by atoms with Crippen molar-refractivity contribution in [1.29, 1.82) is 5.26 Å². The molecule has 0 radical (unpaired) electrons.